The number of nitrogens with one attached hydrogen (secondary N) is 2. The number of benzene rings is 1. The maximum atomic E-state index is 12.2. The molecule has 1 saturated carbocycles. The number of carbonyl (C=O) groups excluding carboxylic acids is 1. The van der Waals surface area contributed by atoms with Gasteiger partial charge in [0, 0.05) is 23.7 Å². The average molecular weight is 342 g/mol. The van der Waals surface area contributed by atoms with Gasteiger partial charge in [-0.2, -0.15) is 11.8 Å². The van der Waals surface area contributed by atoms with Gasteiger partial charge < -0.3 is 10.6 Å². The molecule has 0 spiro atoms. The summed E-state index contributed by atoms with van der Waals surface area (Å²) in [6.07, 6.45) is 5.46. The highest BCUT2D eigenvalue weighted by molar-refractivity contribution is 7.98. The van der Waals surface area contributed by atoms with Crippen molar-refractivity contribution in [2.45, 2.75) is 25.3 Å². The van der Waals surface area contributed by atoms with Crippen molar-refractivity contribution in [3.8, 4) is 11.3 Å². The molecule has 1 heterocycles. The zero-order chi connectivity index (χ0) is 16.8. The number of hydrogen-bond donors (Lipinski definition) is 2. The van der Waals surface area contributed by atoms with E-state index in [1.165, 1.54) is 12.8 Å². The molecule has 0 bridgehead atoms. The Morgan fingerprint density at radius 2 is 2.12 bits per heavy atom. The van der Waals surface area contributed by atoms with E-state index in [0.717, 1.165) is 29.2 Å². The van der Waals surface area contributed by atoms with Gasteiger partial charge in [0.15, 0.2) is 0 Å². The summed E-state index contributed by atoms with van der Waals surface area (Å²) in [5.41, 5.74) is 2.32. The quantitative estimate of drug-likeness (QED) is 0.721. The lowest BCUT2D eigenvalue weighted by Crippen LogP contribution is -2.24. The lowest BCUT2D eigenvalue weighted by molar-refractivity contribution is 0.0954. The first kappa shape index (κ1) is 16.8. The van der Waals surface area contributed by atoms with E-state index in [1.54, 1.807) is 11.8 Å². The Morgan fingerprint density at radius 1 is 1.25 bits per heavy atom. The molecule has 3 rings (SSSR count). The number of rotatable bonds is 8. The molecule has 1 fully saturated rings. The fraction of sp³-hybridized carbons (Fsp3) is 0.389. The SMILES string of the molecule is CSCCCNC(=O)c1cccc(-c2ccc(NC3CC3)nn2)c1. The van der Waals surface area contributed by atoms with Crippen LogP contribution in [-0.2, 0) is 0 Å². The summed E-state index contributed by atoms with van der Waals surface area (Å²) < 4.78 is 0. The monoisotopic (exact) mass is 342 g/mol. The Morgan fingerprint density at radius 3 is 2.83 bits per heavy atom. The Balaban J connectivity index is 1.64. The molecule has 1 aromatic carbocycles. The molecule has 1 aliphatic carbocycles. The minimum atomic E-state index is -0.0436. The van der Waals surface area contributed by atoms with Gasteiger partial charge >= 0.3 is 0 Å². The maximum Gasteiger partial charge on any atom is 0.251 e. The van der Waals surface area contributed by atoms with Crippen LogP contribution in [-0.4, -0.2) is 40.7 Å². The van der Waals surface area contributed by atoms with Crippen molar-refractivity contribution in [1.82, 2.24) is 15.5 Å². The second-order valence-electron chi connectivity index (χ2n) is 5.91. The second kappa shape index (κ2) is 8.15. The first-order valence-corrected chi connectivity index (χ1v) is 9.63. The minimum Gasteiger partial charge on any atom is -0.366 e. The van der Waals surface area contributed by atoms with E-state index in [1.807, 2.05) is 36.4 Å². The van der Waals surface area contributed by atoms with Gasteiger partial charge in [-0.1, -0.05) is 12.1 Å². The van der Waals surface area contributed by atoms with Gasteiger partial charge in [0.2, 0.25) is 0 Å². The van der Waals surface area contributed by atoms with Crippen LogP contribution in [0.1, 0.15) is 29.6 Å². The summed E-state index contributed by atoms with van der Waals surface area (Å²) in [5, 5.41) is 14.8. The highest BCUT2D eigenvalue weighted by Crippen LogP contribution is 2.24. The molecule has 2 aromatic rings. The molecule has 126 valence electrons. The van der Waals surface area contributed by atoms with Crippen LogP contribution in [0, 0.1) is 0 Å². The molecule has 0 radical (unpaired) electrons. The lowest BCUT2D eigenvalue weighted by Gasteiger charge is -2.07. The van der Waals surface area contributed by atoms with Crippen molar-refractivity contribution in [2.75, 3.05) is 23.9 Å². The number of anilines is 1. The molecule has 1 aromatic heterocycles. The zero-order valence-electron chi connectivity index (χ0n) is 13.8. The standard InChI is InChI=1S/C18H22N4OS/c1-24-11-3-10-19-18(23)14-5-2-4-13(12-14)16-8-9-17(22-21-16)20-15-6-7-15/h2,4-5,8-9,12,15H,3,6-7,10-11H2,1H3,(H,19,23)(H,20,22). The third-order valence-electron chi connectivity index (χ3n) is 3.83. The number of nitrogens with zero attached hydrogens (tertiary/aromatic N) is 2. The zero-order valence-corrected chi connectivity index (χ0v) is 14.6. The first-order chi connectivity index (χ1) is 11.8. The van der Waals surface area contributed by atoms with E-state index < -0.39 is 0 Å². The van der Waals surface area contributed by atoms with Crippen LogP contribution in [0.25, 0.3) is 11.3 Å². The molecular weight excluding hydrogens is 320 g/mol. The topological polar surface area (TPSA) is 66.9 Å². The first-order valence-electron chi connectivity index (χ1n) is 8.24. The van der Waals surface area contributed by atoms with Gasteiger partial charge in [-0.15, -0.1) is 10.2 Å². The Labute approximate surface area is 146 Å². The number of carbonyl (C=O) groups is 1. The predicted molar refractivity (Wildman–Crippen MR) is 99.4 cm³/mol. The van der Waals surface area contributed by atoms with Crippen molar-refractivity contribution in [3.63, 3.8) is 0 Å². The Hall–Kier alpha value is -2.08. The molecule has 0 aliphatic heterocycles. The molecule has 0 atom stereocenters. The molecular formula is C18H22N4OS. The maximum absolute atomic E-state index is 12.2. The van der Waals surface area contributed by atoms with E-state index in [2.05, 4.69) is 27.1 Å². The normalized spacial score (nSPS) is 13.5. The minimum absolute atomic E-state index is 0.0436. The third kappa shape index (κ3) is 4.71. The van der Waals surface area contributed by atoms with Crippen molar-refractivity contribution in [3.05, 3.63) is 42.0 Å². The van der Waals surface area contributed by atoms with Crippen molar-refractivity contribution >= 4 is 23.5 Å². The predicted octanol–water partition coefficient (Wildman–Crippen LogP) is 3.20. The van der Waals surface area contributed by atoms with Crippen LogP contribution < -0.4 is 10.6 Å². The largest absolute Gasteiger partial charge is 0.366 e. The molecule has 1 aliphatic rings. The average Bonchev–Trinajstić information content (AvgIpc) is 3.43. The van der Waals surface area contributed by atoms with E-state index in [9.17, 15) is 4.79 Å². The van der Waals surface area contributed by atoms with Gasteiger partial charge in [0.05, 0.1) is 5.69 Å². The van der Waals surface area contributed by atoms with E-state index >= 15 is 0 Å². The van der Waals surface area contributed by atoms with Crippen LogP contribution in [0.15, 0.2) is 36.4 Å². The Bertz CT molecular complexity index is 686. The van der Waals surface area contributed by atoms with Gasteiger partial charge in [-0.3, -0.25) is 4.79 Å². The van der Waals surface area contributed by atoms with E-state index in [-0.39, 0.29) is 5.91 Å². The highest BCUT2D eigenvalue weighted by Gasteiger charge is 2.21. The molecule has 6 heteroatoms. The van der Waals surface area contributed by atoms with Crippen LogP contribution in [0.2, 0.25) is 0 Å². The molecule has 0 saturated heterocycles. The number of aromatic nitrogens is 2. The summed E-state index contributed by atoms with van der Waals surface area (Å²) in [6, 6.07) is 11.9. The van der Waals surface area contributed by atoms with Gasteiger partial charge in [-0.25, -0.2) is 0 Å². The molecule has 1 amide bonds. The number of thioether (sulfide) groups is 1. The van der Waals surface area contributed by atoms with Crippen LogP contribution in [0.5, 0.6) is 0 Å². The molecule has 5 nitrogen and oxygen atoms in total. The van der Waals surface area contributed by atoms with Crippen LogP contribution in [0.3, 0.4) is 0 Å². The fourth-order valence-corrected chi connectivity index (χ4v) is 2.77. The van der Waals surface area contributed by atoms with E-state index in [0.29, 0.717) is 18.2 Å². The van der Waals surface area contributed by atoms with E-state index in [4.69, 9.17) is 0 Å². The fourth-order valence-electron chi connectivity index (χ4n) is 2.34. The highest BCUT2D eigenvalue weighted by atomic mass is 32.2. The van der Waals surface area contributed by atoms with Crippen molar-refractivity contribution in [2.24, 2.45) is 0 Å². The smallest absolute Gasteiger partial charge is 0.251 e. The third-order valence-corrected chi connectivity index (χ3v) is 4.52. The summed E-state index contributed by atoms with van der Waals surface area (Å²) in [4.78, 5) is 12.2. The van der Waals surface area contributed by atoms with Gasteiger partial charge in [0.1, 0.15) is 5.82 Å². The number of amides is 1. The van der Waals surface area contributed by atoms with Crippen molar-refractivity contribution < 1.29 is 4.79 Å². The van der Waals surface area contributed by atoms with Gasteiger partial charge in [0.25, 0.3) is 5.91 Å². The summed E-state index contributed by atoms with van der Waals surface area (Å²) in [7, 11) is 0. The number of hydrogen-bond acceptors (Lipinski definition) is 5. The molecule has 0 unspecified atom stereocenters. The Kier molecular flexibility index (Phi) is 5.69. The van der Waals surface area contributed by atoms with Crippen molar-refractivity contribution in [1.29, 1.82) is 0 Å². The van der Waals surface area contributed by atoms with Crippen LogP contribution in [0.4, 0.5) is 5.82 Å². The van der Waals surface area contributed by atoms with Gasteiger partial charge in [-0.05, 0) is 55.5 Å². The van der Waals surface area contributed by atoms with Crippen LogP contribution >= 0.6 is 11.8 Å². The summed E-state index contributed by atoms with van der Waals surface area (Å²) >= 11 is 1.79. The molecule has 24 heavy (non-hydrogen) atoms. The summed E-state index contributed by atoms with van der Waals surface area (Å²) in [6.45, 7) is 0.700. The molecule has 2 N–H and O–H groups in total. The second-order valence-corrected chi connectivity index (χ2v) is 6.89. The lowest BCUT2D eigenvalue weighted by atomic mass is 10.1. The summed E-state index contributed by atoms with van der Waals surface area (Å²) in [5.74, 6) is 1.82.